The Morgan fingerprint density at radius 3 is 2.29 bits per heavy atom. The molecule has 0 amide bonds. The van der Waals surface area contributed by atoms with Gasteiger partial charge in [-0.05, 0) is 29.3 Å². The molecule has 0 bridgehead atoms. The summed E-state index contributed by atoms with van der Waals surface area (Å²) in [6, 6.07) is 20.2. The summed E-state index contributed by atoms with van der Waals surface area (Å²) in [5.74, 6) is -0.0948. The van der Waals surface area contributed by atoms with E-state index in [1.165, 1.54) is 5.56 Å². The number of nitrogens with two attached hydrogens (primary N) is 2. The van der Waals surface area contributed by atoms with Crippen molar-refractivity contribution in [3.05, 3.63) is 77.6 Å². The third kappa shape index (κ3) is 3.64. The fourth-order valence-corrected chi connectivity index (χ4v) is 2.58. The fourth-order valence-electron chi connectivity index (χ4n) is 2.37. The van der Waals surface area contributed by atoms with Gasteiger partial charge in [0.15, 0.2) is 0 Å². The Bertz CT molecular complexity index is 876. The van der Waals surface area contributed by atoms with Gasteiger partial charge in [0.05, 0.1) is 16.9 Å². The molecule has 1 heterocycles. The molecule has 0 fully saturated rings. The second-order valence-electron chi connectivity index (χ2n) is 5.14. The molecule has 0 saturated carbocycles. The third-order valence-electron chi connectivity index (χ3n) is 3.43. The van der Waals surface area contributed by atoms with Gasteiger partial charge in [-0.3, -0.25) is 0 Å². The Morgan fingerprint density at radius 1 is 0.958 bits per heavy atom. The van der Waals surface area contributed by atoms with Gasteiger partial charge in [-0.1, -0.05) is 54.1 Å². The molecule has 0 atom stereocenters. The second kappa shape index (κ2) is 7.02. The minimum absolute atomic E-state index is 0.0948. The monoisotopic (exact) mass is 337 g/mol. The van der Waals surface area contributed by atoms with E-state index in [1.807, 2.05) is 41.1 Å². The quantitative estimate of drug-likeness (QED) is 0.434. The lowest BCUT2D eigenvalue weighted by molar-refractivity contribution is 1.06. The minimum Gasteiger partial charge on any atom is -0.369 e. The highest BCUT2D eigenvalue weighted by Crippen LogP contribution is 2.23. The highest BCUT2D eigenvalue weighted by Gasteiger charge is 2.06. The van der Waals surface area contributed by atoms with Crippen molar-refractivity contribution in [3.8, 4) is 16.8 Å². The zero-order chi connectivity index (χ0) is 16.9. The van der Waals surface area contributed by atoms with Gasteiger partial charge in [-0.25, -0.2) is 0 Å². The Hall–Kier alpha value is -3.05. The molecule has 0 radical (unpaired) electrons. The summed E-state index contributed by atoms with van der Waals surface area (Å²) < 4.78 is 1.92. The number of rotatable bonds is 4. The summed E-state index contributed by atoms with van der Waals surface area (Å²) >= 11 is 6.12. The van der Waals surface area contributed by atoms with Crippen molar-refractivity contribution in [1.29, 1.82) is 0 Å². The minimum atomic E-state index is -0.0948. The van der Waals surface area contributed by atoms with E-state index in [0.29, 0.717) is 5.02 Å². The highest BCUT2D eigenvalue weighted by molar-refractivity contribution is 6.30. The molecule has 0 saturated heterocycles. The lowest BCUT2D eigenvalue weighted by atomic mass is 10.1. The summed E-state index contributed by atoms with van der Waals surface area (Å²) in [7, 11) is 0. The fraction of sp³-hybridized carbons (Fsp3) is 0. The van der Waals surface area contributed by atoms with Crippen LogP contribution in [0.4, 0.5) is 0 Å². The van der Waals surface area contributed by atoms with Crippen LogP contribution in [-0.4, -0.2) is 16.7 Å². The van der Waals surface area contributed by atoms with Crippen LogP contribution < -0.4 is 11.5 Å². The van der Waals surface area contributed by atoms with Gasteiger partial charge in [-0.2, -0.15) is 5.10 Å². The van der Waals surface area contributed by atoms with Gasteiger partial charge < -0.3 is 16.0 Å². The van der Waals surface area contributed by atoms with E-state index in [9.17, 15) is 0 Å². The molecule has 1 aromatic heterocycles. The van der Waals surface area contributed by atoms with E-state index >= 15 is 0 Å². The lowest BCUT2D eigenvalue weighted by Gasteiger charge is -2.07. The third-order valence-corrected chi connectivity index (χ3v) is 3.64. The van der Waals surface area contributed by atoms with E-state index in [4.69, 9.17) is 23.1 Å². The molecule has 3 rings (SSSR count). The van der Waals surface area contributed by atoms with Crippen LogP contribution in [-0.2, 0) is 0 Å². The number of nitrogens with zero attached hydrogens (tertiary/aromatic N) is 3. The van der Waals surface area contributed by atoms with E-state index in [0.717, 1.165) is 16.9 Å². The number of aromatic nitrogens is 1. The van der Waals surface area contributed by atoms with Crippen molar-refractivity contribution in [1.82, 2.24) is 4.57 Å². The summed E-state index contributed by atoms with van der Waals surface area (Å²) in [5, 5.41) is 8.05. The summed E-state index contributed by atoms with van der Waals surface area (Å²) in [6.07, 6.45) is 3.37. The molecule has 120 valence electrons. The average molecular weight is 338 g/mol. The predicted molar refractivity (Wildman–Crippen MR) is 99.6 cm³/mol. The number of hydrogen-bond acceptors (Lipinski definition) is 2. The molecule has 3 aromatic rings. The van der Waals surface area contributed by atoms with Crippen molar-refractivity contribution < 1.29 is 0 Å². The number of hydrogen-bond donors (Lipinski definition) is 2. The molecule has 0 aliphatic heterocycles. The molecular weight excluding hydrogens is 322 g/mol. The van der Waals surface area contributed by atoms with Crippen LogP contribution in [0.1, 0.15) is 5.69 Å². The number of benzene rings is 2. The largest absolute Gasteiger partial charge is 0.369 e. The molecule has 6 heteroatoms. The van der Waals surface area contributed by atoms with E-state index in [-0.39, 0.29) is 5.96 Å². The zero-order valence-corrected chi connectivity index (χ0v) is 13.6. The van der Waals surface area contributed by atoms with Gasteiger partial charge in [-0.15, -0.1) is 5.10 Å². The van der Waals surface area contributed by atoms with Crippen LogP contribution >= 0.6 is 11.6 Å². The van der Waals surface area contributed by atoms with Crippen molar-refractivity contribution in [3.63, 3.8) is 0 Å². The van der Waals surface area contributed by atoms with Crippen LogP contribution in [0.2, 0.25) is 5.02 Å². The van der Waals surface area contributed by atoms with E-state index < -0.39 is 0 Å². The second-order valence-corrected chi connectivity index (χ2v) is 5.57. The molecular formula is C18H16ClN5. The Kier molecular flexibility index (Phi) is 4.63. The van der Waals surface area contributed by atoms with Crippen LogP contribution in [0.3, 0.4) is 0 Å². The Labute approximate surface area is 144 Å². The van der Waals surface area contributed by atoms with Gasteiger partial charge in [0.25, 0.3) is 0 Å². The van der Waals surface area contributed by atoms with Crippen LogP contribution in [0.25, 0.3) is 16.8 Å². The molecule has 0 unspecified atom stereocenters. The SMILES string of the molecule is NC(N)=NN=Cc1cc(Cl)cn1-c1ccc(-c2ccccc2)cc1. The molecule has 2 aromatic carbocycles. The Balaban J connectivity index is 1.92. The maximum atomic E-state index is 6.12. The van der Waals surface area contributed by atoms with Crippen LogP contribution in [0.5, 0.6) is 0 Å². The molecule has 4 N–H and O–H groups in total. The summed E-state index contributed by atoms with van der Waals surface area (Å²) in [4.78, 5) is 0. The van der Waals surface area contributed by atoms with Crippen molar-refractivity contribution >= 4 is 23.8 Å². The standard InChI is InChI=1S/C18H16ClN5/c19-15-10-17(11-22-23-18(20)21)24(12-15)16-8-6-14(7-9-16)13-4-2-1-3-5-13/h1-12H,(H4,20,21,23). The summed E-state index contributed by atoms with van der Waals surface area (Å²) in [5.41, 5.74) is 14.6. The van der Waals surface area contributed by atoms with Gasteiger partial charge in [0, 0.05) is 11.9 Å². The van der Waals surface area contributed by atoms with E-state index in [1.54, 1.807) is 12.3 Å². The normalized spacial score (nSPS) is 10.9. The van der Waals surface area contributed by atoms with Gasteiger partial charge >= 0.3 is 0 Å². The zero-order valence-electron chi connectivity index (χ0n) is 12.8. The molecule has 0 aliphatic rings. The summed E-state index contributed by atoms with van der Waals surface area (Å²) in [6.45, 7) is 0. The molecule has 5 nitrogen and oxygen atoms in total. The van der Waals surface area contributed by atoms with Crippen molar-refractivity contribution in [2.75, 3.05) is 0 Å². The topological polar surface area (TPSA) is 81.7 Å². The predicted octanol–water partition coefficient (Wildman–Crippen LogP) is 3.41. The van der Waals surface area contributed by atoms with E-state index in [2.05, 4.69) is 34.5 Å². The first-order valence-electron chi connectivity index (χ1n) is 7.29. The lowest BCUT2D eigenvalue weighted by Crippen LogP contribution is -2.21. The number of halogens is 1. The van der Waals surface area contributed by atoms with Crippen LogP contribution in [0, 0.1) is 0 Å². The van der Waals surface area contributed by atoms with Crippen LogP contribution in [0.15, 0.2) is 77.1 Å². The molecule has 0 spiro atoms. The first-order chi connectivity index (χ1) is 11.6. The molecule has 0 aliphatic carbocycles. The number of guanidine groups is 1. The van der Waals surface area contributed by atoms with Gasteiger partial charge in [0.1, 0.15) is 0 Å². The molecule has 24 heavy (non-hydrogen) atoms. The highest BCUT2D eigenvalue weighted by atomic mass is 35.5. The maximum Gasteiger partial charge on any atom is 0.211 e. The first-order valence-corrected chi connectivity index (χ1v) is 7.67. The van der Waals surface area contributed by atoms with Crippen molar-refractivity contribution in [2.24, 2.45) is 21.7 Å². The smallest absolute Gasteiger partial charge is 0.211 e. The Morgan fingerprint density at radius 2 is 1.62 bits per heavy atom. The van der Waals surface area contributed by atoms with Crippen molar-refractivity contribution in [2.45, 2.75) is 0 Å². The van der Waals surface area contributed by atoms with Gasteiger partial charge in [0.2, 0.25) is 5.96 Å². The first kappa shape index (κ1) is 15.8. The maximum absolute atomic E-state index is 6.12. The average Bonchev–Trinajstić information content (AvgIpc) is 2.96.